The summed E-state index contributed by atoms with van der Waals surface area (Å²) in [4.78, 5) is 11.8. The molecule has 0 bridgehead atoms. The molecule has 2 N–H and O–H groups in total. The molecule has 1 aromatic rings. The van der Waals surface area contributed by atoms with Gasteiger partial charge in [-0.25, -0.2) is 4.79 Å². The first kappa shape index (κ1) is 16.2. The summed E-state index contributed by atoms with van der Waals surface area (Å²) in [5.41, 5.74) is 2.89. The second-order valence-electron chi connectivity index (χ2n) is 4.66. The highest BCUT2D eigenvalue weighted by atomic mass is 79.9. The number of carbonyl (C=O) groups excluding carboxylic acids is 1. The minimum absolute atomic E-state index is 0.122. The molecule has 19 heavy (non-hydrogen) atoms. The van der Waals surface area contributed by atoms with Gasteiger partial charge >= 0.3 is 6.03 Å². The smallest absolute Gasteiger partial charge is 0.319 e. The minimum Gasteiger partial charge on any atom is -0.334 e. The van der Waals surface area contributed by atoms with Crippen LogP contribution in [0.1, 0.15) is 18.1 Å². The van der Waals surface area contributed by atoms with E-state index in [0.29, 0.717) is 5.75 Å². The van der Waals surface area contributed by atoms with E-state index >= 15 is 0 Å². The summed E-state index contributed by atoms with van der Waals surface area (Å²) in [6.07, 6.45) is 1.62. The number of urea groups is 1. The molecule has 0 heterocycles. The first-order valence-electron chi connectivity index (χ1n) is 5.94. The SMILES string of the molecule is Cc1cc(NC(=O)N[C@H](C)C[S@@](C)=O)cc(C)c1Br. The fraction of sp³-hybridized carbons (Fsp3) is 0.462. The molecule has 0 unspecified atom stereocenters. The quantitative estimate of drug-likeness (QED) is 0.880. The van der Waals surface area contributed by atoms with E-state index < -0.39 is 10.8 Å². The molecule has 0 saturated carbocycles. The third kappa shape index (κ3) is 5.32. The predicted octanol–water partition coefficient (Wildman–Crippen LogP) is 2.95. The Bertz CT molecular complexity index is 482. The molecule has 1 aromatic carbocycles. The summed E-state index contributed by atoms with van der Waals surface area (Å²) in [7, 11) is -0.918. The molecule has 0 saturated heterocycles. The van der Waals surface area contributed by atoms with E-state index in [1.54, 1.807) is 6.26 Å². The average molecular weight is 347 g/mol. The maximum atomic E-state index is 11.8. The molecule has 0 aliphatic rings. The van der Waals surface area contributed by atoms with Crippen LogP contribution in [0.25, 0.3) is 0 Å². The van der Waals surface area contributed by atoms with Crippen molar-refractivity contribution in [1.82, 2.24) is 5.32 Å². The van der Waals surface area contributed by atoms with Gasteiger partial charge in [0, 0.05) is 39.0 Å². The predicted molar refractivity (Wildman–Crippen MR) is 84.2 cm³/mol. The van der Waals surface area contributed by atoms with Gasteiger partial charge in [0.05, 0.1) is 0 Å². The number of carbonyl (C=O) groups is 1. The van der Waals surface area contributed by atoms with Gasteiger partial charge in [0.25, 0.3) is 0 Å². The monoisotopic (exact) mass is 346 g/mol. The number of amides is 2. The highest BCUT2D eigenvalue weighted by Gasteiger charge is 2.10. The van der Waals surface area contributed by atoms with Crippen molar-refractivity contribution in [1.29, 1.82) is 0 Å². The fourth-order valence-electron chi connectivity index (χ4n) is 1.80. The molecule has 0 radical (unpaired) electrons. The first-order chi connectivity index (χ1) is 8.79. The molecular weight excluding hydrogens is 328 g/mol. The summed E-state index contributed by atoms with van der Waals surface area (Å²) in [6, 6.07) is 3.40. The van der Waals surface area contributed by atoms with Crippen molar-refractivity contribution in [3.05, 3.63) is 27.7 Å². The van der Waals surface area contributed by atoms with E-state index in [4.69, 9.17) is 0 Å². The third-order valence-electron chi connectivity index (χ3n) is 2.56. The van der Waals surface area contributed by atoms with E-state index in [9.17, 15) is 9.00 Å². The fourth-order valence-corrected chi connectivity index (χ4v) is 2.82. The highest BCUT2D eigenvalue weighted by molar-refractivity contribution is 9.10. The molecule has 0 aromatic heterocycles. The van der Waals surface area contributed by atoms with Crippen molar-refractivity contribution in [2.75, 3.05) is 17.3 Å². The molecule has 0 aliphatic heterocycles. The van der Waals surface area contributed by atoms with E-state index in [0.717, 1.165) is 21.3 Å². The van der Waals surface area contributed by atoms with Crippen molar-refractivity contribution in [3.63, 3.8) is 0 Å². The first-order valence-corrected chi connectivity index (χ1v) is 8.46. The Morgan fingerprint density at radius 2 is 1.89 bits per heavy atom. The average Bonchev–Trinajstić information content (AvgIpc) is 2.23. The zero-order chi connectivity index (χ0) is 14.6. The van der Waals surface area contributed by atoms with E-state index in [1.807, 2.05) is 32.9 Å². The van der Waals surface area contributed by atoms with Crippen LogP contribution in [-0.2, 0) is 10.8 Å². The van der Waals surface area contributed by atoms with Crippen LogP contribution >= 0.6 is 15.9 Å². The molecule has 2 amide bonds. The molecular formula is C13H19BrN2O2S. The van der Waals surface area contributed by atoms with Crippen LogP contribution in [-0.4, -0.2) is 28.3 Å². The minimum atomic E-state index is -0.918. The zero-order valence-corrected chi connectivity index (χ0v) is 13.9. The highest BCUT2D eigenvalue weighted by Crippen LogP contribution is 2.24. The van der Waals surface area contributed by atoms with Gasteiger partial charge in [0.15, 0.2) is 0 Å². The maximum absolute atomic E-state index is 11.8. The summed E-state index contributed by atoms with van der Waals surface area (Å²) in [5.74, 6) is 0.450. The summed E-state index contributed by atoms with van der Waals surface area (Å²) >= 11 is 3.48. The van der Waals surface area contributed by atoms with Crippen LogP contribution in [0, 0.1) is 13.8 Å². The van der Waals surface area contributed by atoms with Gasteiger partial charge in [-0.2, -0.15) is 0 Å². The van der Waals surface area contributed by atoms with E-state index in [-0.39, 0.29) is 12.1 Å². The maximum Gasteiger partial charge on any atom is 0.319 e. The molecule has 1 rings (SSSR count). The summed E-state index contributed by atoms with van der Waals surface area (Å²) in [5, 5.41) is 5.54. The lowest BCUT2D eigenvalue weighted by molar-refractivity contribution is 0.250. The zero-order valence-electron chi connectivity index (χ0n) is 11.5. The van der Waals surface area contributed by atoms with Gasteiger partial charge in [-0.3, -0.25) is 4.21 Å². The number of nitrogens with one attached hydrogen (secondary N) is 2. The number of hydrogen-bond acceptors (Lipinski definition) is 2. The number of aryl methyl sites for hydroxylation is 2. The van der Waals surface area contributed by atoms with Crippen LogP contribution in [0.4, 0.5) is 10.5 Å². The largest absolute Gasteiger partial charge is 0.334 e. The lowest BCUT2D eigenvalue weighted by atomic mass is 10.1. The number of anilines is 1. The number of benzene rings is 1. The van der Waals surface area contributed by atoms with Crippen LogP contribution in [0.5, 0.6) is 0 Å². The van der Waals surface area contributed by atoms with Crippen molar-refractivity contribution in [2.45, 2.75) is 26.8 Å². The van der Waals surface area contributed by atoms with Gasteiger partial charge in [-0.15, -0.1) is 0 Å². The second-order valence-corrected chi connectivity index (χ2v) is 6.94. The summed E-state index contributed by atoms with van der Waals surface area (Å²) in [6.45, 7) is 5.78. The number of hydrogen-bond donors (Lipinski definition) is 2. The molecule has 4 nitrogen and oxygen atoms in total. The van der Waals surface area contributed by atoms with Gasteiger partial charge < -0.3 is 10.6 Å². The van der Waals surface area contributed by atoms with Crippen molar-refractivity contribution >= 4 is 38.4 Å². The van der Waals surface area contributed by atoms with Gasteiger partial charge in [-0.1, -0.05) is 15.9 Å². The Morgan fingerprint density at radius 3 is 2.37 bits per heavy atom. The van der Waals surface area contributed by atoms with Gasteiger partial charge in [-0.05, 0) is 44.0 Å². The van der Waals surface area contributed by atoms with Gasteiger partial charge in [0.1, 0.15) is 0 Å². The van der Waals surface area contributed by atoms with Crippen molar-refractivity contribution in [3.8, 4) is 0 Å². The third-order valence-corrected chi connectivity index (χ3v) is 4.78. The molecule has 0 aliphatic carbocycles. The number of halogens is 1. The Hall–Kier alpha value is -0.880. The van der Waals surface area contributed by atoms with E-state index in [1.165, 1.54) is 0 Å². The standard InChI is InChI=1S/C13H19BrN2O2S/c1-8-5-11(6-9(2)12(8)14)16-13(17)15-10(3)7-19(4)18/h5-6,10H,7H2,1-4H3,(H2,15,16,17)/t10-,19-/m1/s1. The van der Waals surface area contributed by atoms with Gasteiger partial charge in [0.2, 0.25) is 0 Å². The lowest BCUT2D eigenvalue weighted by Crippen LogP contribution is -2.39. The van der Waals surface area contributed by atoms with Crippen LogP contribution < -0.4 is 10.6 Å². The summed E-state index contributed by atoms with van der Waals surface area (Å²) < 4.78 is 12.1. The van der Waals surface area contributed by atoms with Crippen LogP contribution in [0.3, 0.4) is 0 Å². The molecule has 0 spiro atoms. The van der Waals surface area contributed by atoms with Crippen LogP contribution in [0.15, 0.2) is 16.6 Å². The van der Waals surface area contributed by atoms with Crippen molar-refractivity contribution < 1.29 is 9.00 Å². The topological polar surface area (TPSA) is 58.2 Å². The Morgan fingerprint density at radius 1 is 1.37 bits per heavy atom. The Balaban J connectivity index is 2.65. The Labute approximate surface area is 124 Å². The van der Waals surface area contributed by atoms with E-state index in [2.05, 4.69) is 26.6 Å². The Kier molecular flexibility index (Phi) is 6.00. The normalized spacial score (nSPS) is 13.7. The second kappa shape index (κ2) is 7.05. The molecule has 106 valence electrons. The molecule has 2 atom stereocenters. The lowest BCUT2D eigenvalue weighted by Gasteiger charge is -2.14. The number of rotatable bonds is 4. The van der Waals surface area contributed by atoms with Crippen molar-refractivity contribution in [2.24, 2.45) is 0 Å². The van der Waals surface area contributed by atoms with Crippen LogP contribution in [0.2, 0.25) is 0 Å². The molecule has 0 fully saturated rings. The molecule has 6 heteroatoms.